The topological polar surface area (TPSA) is 95.9 Å². The molecule has 0 bridgehead atoms. The minimum Gasteiger partial charge on any atom is -0.508 e. The summed E-state index contributed by atoms with van der Waals surface area (Å²) >= 11 is 0. The van der Waals surface area contributed by atoms with Crippen molar-refractivity contribution in [1.29, 1.82) is 0 Å². The number of phenols is 1. The summed E-state index contributed by atoms with van der Waals surface area (Å²) in [5, 5.41) is 12.9. The fraction of sp³-hybridized carbons (Fsp3) is 0.318. The van der Waals surface area contributed by atoms with Crippen molar-refractivity contribution < 1.29 is 24.2 Å². The summed E-state index contributed by atoms with van der Waals surface area (Å²) in [5.74, 6) is -2.82. The third kappa shape index (κ3) is 2.89. The van der Waals surface area contributed by atoms with Gasteiger partial charge in [-0.05, 0) is 23.3 Å². The van der Waals surface area contributed by atoms with E-state index in [0.717, 1.165) is 10.5 Å². The van der Waals surface area contributed by atoms with Gasteiger partial charge in [-0.1, -0.05) is 42.5 Å². The first-order valence-electron chi connectivity index (χ1n) is 9.39. The van der Waals surface area contributed by atoms with Gasteiger partial charge in [-0.2, -0.15) is 0 Å². The Bertz CT molecular complexity index is 959. The van der Waals surface area contributed by atoms with Gasteiger partial charge < -0.3 is 9.84 Å². The Morgan fingerprint density at radius 3 is 2.38 bits per heavy atom. The molecule has 29 heavy (non-hydrogen) atoms. The van der Waals surface area contributed by atoms with Gasteiger partial charge in [0.1, 0.15) is 11.3 Å². The van der Waals surface area contributed by atoms with Crippen molar-refractivity contribution in [1.82, 2.24) is 10.2 Å². The average Bonchev–Trinajstić information content (AvgIpc) is 3.19. The van der Waals surface area contributed by atoms with Crippen molar-refractivity contribution in [2.75, 3.05) is 14.2 Å². The lowest BCUT2D eigenvalue weighted by Crippen LogP contribution is -2.57. The summed E-state index contributed by atoms with van der Waals surface area (Å²) in [6.45, 7) is 0. The van der Waals surface area contributed by atoms with Gasteiger partial charge in [-0.15, -0.1) is 0 Å². The molecule has 0 spiro atoms. The van der Waals surface area contributed by atoms with Crippen LogP contribution in [0, 0.1) is 11.8 Å². The third-order valence-corrected chi connectivity index (χ3v) is 6.00. The predicted molar refractivity (Wildman–Crippen MR) is 104 cm³/mol. The minimum atomic E-state index is -1.37. The molecule has 2 N–H and O–H groups in total. The van der Waals surface area contributed by atoms with Crippen molar-refractivity contribution >= 4 is 17.8 Å². The van der Waals surface area contributed by atoms with Gasteiger partial charge in [0.25, 0.3) is 0 Å². The van der Waals surface area contributed by atoms with Gasteiger partial charge in [0.2, 0.25) is 11.8 Å². The highest BCUT2D eigenvalue weighted by atomic mass is 16.5. The number of phenolic OH excluding ortho intramolecular Hbond substituents is 1. The lowest BCUT2D eigenvalue weighted by molar-refractivity contribution is -0.153. The molecule has 2 fully saturated rings. The first-order chi connectivity index (χ1) is 13.9. The molecule has 2 aliphatic rings. The van der Waals surface area contributed by atoms with Gasteiger partial charge in [0.05, 0.1) is 18.9 Å². The van der Waals surface area contributed by atoms with E-state index in [1.165, 1.54) is 26.3 Å². The average molecular weight is 394 g/mol. The zero-order valence-electron chi connectivity index (χ0n) is 16.2. The van der Waals surface area contributed by atoms with Crippen LogP contribution in [-0.2, 0) is 25.5 Å². The molecule has 2 aromatic rings. The van der Waals surface area contributed by atoms with Gasteiger partial charge in [0.15, 0.2) is 0 Å². The number of aromatic hydroxyl groups is 1. The largest absolute Gasteiger partial charge is 0.508 e. The molecule has 2 heterocycles. The molecule has 0 aromatic heterocycles. The number of hydrogen-bond acceptors (Lipinski definition) is 6. The van der Waals surface area contributed by atoms with Gasteiger partial charge in [0, 0.05) is 19.5 Å². The van der Waals surface area contributed by atoms with Gasteiger partial charge in [-0.3, -0.25) is 24.6 Å². The van der Waals surface area contributed by atoms with E-state index < -0.39 is 35.3 Å². The number of rotatable bonds is 4. The number of likely N-dealkylation sites (tertiary alicyclic amines) is 1. The monoisotopic (exact) mass is 394 g/mol. The number of nitrogens with zero attached hydrogens (tertiary/aromatic N) is 1. The van der Waals surface area contributed by atoms with Crippen LogP contribution >= 0.6 is 0 Å². The van der Waals surface area contributed by atoms with Crippen LogP contribution in [0.2, 0.25) is 0 Å². The molecule has 2 aliphatic heterocycles. The minimum absolute atomic E-state index is 0.0951. The molecule has 4 rings (SSSR count). The number of fused-ring (bicyclic) bond motifs is 1. The van der Waals surface area contributed by atoms with Gasteiger partial charge >= 0.3 is 5.97 Å². The highest BCUT2D eigenvalue weighted by Gasteiger charge is 2.68. The summed E-state index contributed by atoms with van der Waals surface area (Å²) in [6, 6.07) is 15.2. The van der Waals surface area contributed by atoms with Crippen molar-refractivity contribution in [2.45, 2.75) is 18.0 Å². The number of carbonyl (C=O) groups is 3. The summed E-state index contributed by atoms with van der Waals surface area (Å²) in [5.41, 5.74) is 0.194. The summed E-state index contributed by atoms with van der Waals surface area (Å²) in [7, 11) is 2.73. The fourth-order valence-corrected chi connectivity index (χ4v) is 4.64. The van der Waals surface area contributed by atoms with E-state index in [-0.39, 0.29) is 18.1 Å². The molecule has 0 aliphatic carbocycles. The number of hydrogen-bond donors (Lipinski definition) is 2. The Kier molecular flexibility index (Phi) is 4.62. The Hall–Kier alpha value is -3.19. The quantitative estimate of drug-likeness (QED) is 0.602. The molecule has 2 aromatic carbocycles. The normalized spacial score (nSPS) is 28.5. The standard InChI is InChI=1S/C22H22N2O5/c1-24-19(26)16-17(20(24)27)22(21(28)29-2,12-13-6-4-3-5-7-13)23-18(16)14-8-10-15(25)11-9-14/h3-11,16-18,23,25H,12H2,1-2H3/t16-,17+,18+,22-/m1/s1. The van der Waals surface area contributed by atoms with E-state index in [9.17, 15) is 19.5 Å². The molecular weight excluding hydrogens is 372 g/mol. The van der Waals surface area contributed by atoms with E-state index in [1.54, 1.807) is 12.1 Å². The second-order valence-electron chi connectivity index (χ2n) is 7.58. The second kappa shape index (κ2) is 7.00. The number of nitrogens with one attached hydrogen (secondary N) is 1. The van der Waals surface area contributed by atoms with Crippen LogP contribution < -0.4 is 5.32 Å². The maximum atomic E-state index is 13.1. The van der Waals surface area contributed by atoms with E-state index in [4.69, 9.17) is 4.74 Å². The molecule has 150 valence electrons. The molecule has 7 nitrogen and oxygen atoms in total. The number of carbonyl (C=O) groups excluding carboxylic acids is 3. The van der Waals surface area contributed by atoms with Crippen LogP contribution in [0.15, 0.2) is 54.6 Å². The van der Waals surface area contributed by atoms with E-state index in [2.05, 4.69) is 5.32 Å². The predicted octanol–water partition coefficient (Wildman–Crippen LogP) is 1.42. The zero-order valence-corrected chi connectivity index (χ0v) is 16.2. The van der Waals surface area contributed by atoms with Crippen LogP contribution in [-0.4, -0.2) is 47.5 Å². The zero-order chi connectivity index (χ0) is 20.8. The second-order valence-corrected chi connectivity index (χ2v) is 7.58. The number of imide groups is 1. The highest BCUT2D eigenvalue weighted by Crippen LogP contribution is 2.50. The smallest absolute Gasteiger partial charge is 0.327 e. The van der Waals surface area contributed by atoms with Crippen LogP contribution in [0.1, 0.15) is 17.2 Å². The van der Waals surface area contributed by atoms with Crippen LogP contribution in [0.3, 0.4) is 0 Å². The lowest BCUT2D eigenvalue weighted by atomic mass is 9.76. The number of methoxy groups -OCH3 is 1. The number of benzene rings is 2. The lowest BCUT2D eigenvalue weighted by Gasteiger charge is -2.32. The molecule has 0 radical (unpaired) electrons. The van der Waals surface area contributed by atoms with Crippen LogP contribution in [0.25, 0.3) is 0 Å². The van der Waals surface area contributed by atoms with E-state index in [1.807, 2.05) is 30.3 Å². The summed E-state index contributed by atoms with van der Waals surface area (Å²) in [4.78, 5) is 40.2. The molecule has 7 heteroatoms. The van der Waals surface area contributed by atoms with Gasteiger partial charge in [-0.25, -0.2) is 0 Å². The molecule has 4 atom stereocenters. The van der Waals surface area contributed by atoms with Crippen molar-refractivity contribution in [3.8, 4) is 5.75 Å². The Morgan fingerprint density at radius 1 is 1.10 bits per heavy atom. The summed E-state index contributed by atoms with van der Waals surface area (Å²) < 4.78 is 5.12. The molecule has 0 unspecified atom stereocenters. The first kappa shape index (κ1) is 19.1. The Labute approximate surface area is 168 Å². The summed E-state index contributed by atoms with van der Waals surface area (Å²) in [6.07, 6.45) is 0.211. The molecule has 0 saturated carbocycles. The maximum absolute atomic E-state index is 13.1. The maximum Gasteiger partial charge on any atom is 0.327 e. The SMILES string of the molecule is COC(=O)[C@]1(Cc2ccccc2)N[C@@H](c2ccc(O)cc2)[C@@H]2C(=O)N(C)C(=O)[C@H]21. The Morgan fingerprint density at radius 2 is 1.76 bits per heavy atom. The van der Waals surface area contributed by atoms with Crippen molar-refractivity contribution in [2.24, 2.45) is 11.8 Å². The van der Waals surface area contributed by atoms with E-state index in [0.29, 0.717) is 5.56 Å². The first-order valence-corrected chi connectivity index (χ1v) is 9.39. The van der Waals surface area contributed by atoms with E-state index >= 15 is 0 Å². The van der Waals surface area contributed by atoms with Crippen LogP contribution in [0.4, 0.5) is 0 Å². The highest BCUT2D eigenvalue weighted by molar-refractivity contribution is 6.09. The molecule has 2 saturated heterocycles. The number of amides is 2. The van der Waals surface area contributed by atoms with Crippen molar-refractivity contribution in [3.05, 3.63) is 65.7 Å². The fourth-order valence-electron chi connectivity index (χ4n) is 4.64. The van der Waals surface area contributed by atoms with Crippen LogP contribution in [0.5, 0.6) is 5.75 Å². The molecule has 2 amide bonds. The third-order valence-electron chi connectivity index (χ3n) is 6.00. The van der Waals surface area contributed by atoms with Crippen molar-refractivity contribution in [3.63, 3.8) is 0 Å². The number of esters is 1. The number of ether oxygens (including phenoxy) is 1. The Balaban J connectivity index is 1.85. The molecular formula is C22H22N2O5.